The molecule has 8 nitrogen and oxygen atoms in total. The fourth-order valence-corrected chi connectivity index (χ4v) is 6.12. The Bertz CT molecular complexity index is 1620. The van der Waals surface area contributed by atoms with E-state index in [0.717, 1.165) is 16.9 Å². The van der Waals surface area contributed by atoms with Crippen molar-refractivity contribution in [3.05, 3.63) is 74.2 Å². The molecule has 0 saturated carbocycles. The molecule has 2 aromatic heterocycles. The van der Waals surface area contributed by atoms with Gasteiger partial charge >= 0.3 is 6.09 Å². The van der Waals surface area contributed by atoms with Crippen LogP contribution in [0.4, 0.5) is 19.3 Å². The molecule has 0 bridgehead atoms. The number of benzene rings is 2. The van der Waals surface area contributed by atoms with Crippen molar-refractivity contribution in [3.8, 4) is 10.6 Å². The molecule has 202 valence electrons. The lowest BCUT2D eigenvalue weighted by molar-refractivity contribution is 0.153. The molecule has 4 aromatic rings. The van der Waals surface area contributed by atoms with Crippen molar-refractivity contribution in [2.45, 2.75) is 44.8 Å². The number of halogens is 3. The van der Waals surface area contributed by atoms with Gasteiger partial charge in [0.1, 0.15) is 17.4 Å². The highest BCUT2D eigenvalue weighted by molar-refractivity contribution is 7.15. The Hall–Kier alpha value is -3.57. The van der Waals surface area contributed by atoms with Crippen molar-refractivity contribution < 1.29 is 18.3 Å². The molecule has 1 N–H and O–H groups in total. The number of cyclic esters (lactones) is 1. The van der Waals surface area contributed by atoms with Crippen LogP contribution in [-0.4, -0.2) is 50.8 Å². The molecule has 2 atom stereocenters. The minimum absolute atomic E-state index is 0.0128. The highest BCUT2D eigenvalue weighted by Gasteiger charge is 2.38. The maximum atomic E-state index is 13.7. The van der Waals surface area contributed by atoms with Crippen LogP contribution in [0, 0.1) is 6.92 Å². The van der Waals surface area contributed by atoms with E-state index < -0.39 is 6.43 Å². The van der Waals surface area contributed by atoms with Crippen molar-refractivity contribution in [3.63, 3.8) is 0 Å². The van der Waals surface area contributed by atoms with Gasteiger partial charge in [-0.25, -0.2) is 23.5 Å². The molecule has 0 aliphatic carbocycles. The number of hydrogen-bond acceptors (Lipinski definition) is 7. The first kappa shape index (κ1) is 25.7. The van der Waals surface area contributed by atoms with Gasteiger partial charge in [-0.3, -0.25) is 9.36 Å². The van der Waals surface area contributed by atoms with Crippen LogP contribution in [0.25, 0.3) is 21.5 Å². The second kappa shape index (κ2) is 10.2. The third kappa shape index (κ3) is 4.96. The molecule has 4 heterocycles. The Morgan fingerprint density at radius 2 is 2.03 bits per heavy atom. The van der Waals surface area contributed by atoms with E-state index in [0.29, 0.717) is 70.5 Å². The van der Waals surface area contributed by atoms with Gasteiger partial charge in [-0.2, -0.15) is 0 Å². The van der Waals surface area contributed by atoms with E-state index in [9.17, 15) is 18.4 Å². The van der Waals surface area contributed by atoms with Crippen LogP contribution >= 0.6 is 22.9 Å². The smallest absolute Gasteiger partial charge is 0.410 e. The molecule has 0 radical (unpaired) electrons. The van der Waals surface area contributed by atoms with Crippen LogP contribution < -0.4 is 10.9 Å². The number of alkyl halides is 2. The van der Waals surface area contributed by atoms with Crippen molar-refractivity contribution >= 4 is 45.6 Å². The van der Waals surface area contributed by atoms with E-state index in [-0.39, 0.29) is 28.6 Å². The number of nitrogens with one attached hydrogen (secondary N) is 1. The number of thiazole rings is 1. The summed E-state index contributed by atoms with van der Waals surface area (Å²) in [7, 11) is 0. The summed E-state index contributed by atoms with van der Waals surface area (Å²) >= 11 is 6.93. The van der Waals surface area contributed by atoms with Gasteiger partial charge in [0.05, 0.1) is 28.4 Å². The Labute approximate surface area is 231 Å². The topological polar surface area (TPSA) is 89.4 Å². The average molecular weight is 572 g/mol. The molecule has 2 aromatic carbocycles. The van der Waals surface area contributed by atoms with Gasteiger partial charge in [0.15, 0.2) is 0 Å². The minimum Gasteiger partial charge on any atom is -0.447 e. The number of ether oxygens (including phenoxy) is 1. The number of carbonyl (C=O) groups excluding carboxylic acids is 1. The van der Waals surface area contributed by atoms with Crippen molar-refractivity contribution in [2.75, 3.05) is 18.5 Å². The number of anilines is 1. The lowest BCUT2D eigenvalue weighted by Crippen LogP contribution is -2.45. The molecule has 1 amide bonds. The third-order valence-corrected chi connectivity index (χ3v) is 8.51. The second-order valence-electron chi connectivity index (χ2n) is 9.75. The predicted octanol–water partition coefficient (Wildman–Crippen LogP) is 5.86. The lowest BCUT2D eigenvalue weighted by atomic mass is 9.97. The van der Waals surface area contributed by atoms with Gasteiger partial charge in [0.2, 0.25) is 0 Å². The number of aromatic nitrogens is 3. The highest BCUT2D eigenvalue weighted by atomic mass is 35.5. The van der Waals surface area contributed by atoms with Gasteiger partial charge in [-0.15, -0.1) is 11.3 Å². The molecule has 0 unspecified atom stereocenters. The molecule has 2 saturated heterocycles. The van der Waals surface area contributed by atoms with Crippen molar-refractivity contribution in [1.29, 1.82) is 0 Å². The molecule has 2 fully saturated rings. The lowest BCUT2D eigenvalue weighted by Gasteiger charge is -2.33. The largest absolute Gasteiger partial charge is 0.447 e. The maximum absolute atomic E-state index is 13.7. The van der Waals surface area contributed by atoms with Gasteiger partial charge < -0.3 is 15.0 Å². The van der Waals surface area contributed by atoms with Gasteiger partial charge in [-0.1, -0.05) is 23.7 Å². The number of piperidine rings is 1. The predicted molar refractivity (Wildman–Crippen MR) is 146 cm³/mol. The van der Waals surface area contributed by atoms with Crippen LogP contribution in [0.2, 0.25) is 5.02 Å². The molecule has 6 rings (SSSR count). The van der Waals surface area contributed by atoms with Gasteiger partial charge in [0.25, 0.3) is 12.0 Å². The normalized spacial score (nSPS) is 19.0. The summed E-state index contributed by atoms with van der Waals surface area (Å²) in [5, 5.41) is 4.95. The molecular weight excluding hydrogens is 548 g/mol. The number of fused-ring (bicyclic) bond motifs is 2. The van der Waals surface area contributed by atoms with E-state index in [2.05, 4.69) is 10.3 Å². The molecule has 0 spiro atoms. The monoisotopic (exact) mass is 571 g/mol. The summed E-state index contributed by atoms with van der Waals surface area (Å²) in [5.41, 5.74) is 2.37. The minimum atomic E-state index is -2.63. The first-order valence-corrected chi connectivity index (χ1v) is 13.7. The van der Waals surface area contributed by atoms with Crippen molar-refractivity contribution in [1.82, 2.24) is 19.4 Å². The molecule has 12 heteroatoms. The molecule has 2 aliphatic heterocycles. The average Bonchev–Trinajstić information content (AvgIpc) is 3.55. The number of carbonyl (C=O) groups is 1. The van der Waals surface area contributed by atoms with Crippen molar-refractivity contribution in [2.24, 2.45) is 0 Å². The zero-order valence-corrected chi connectivity index (χ0v) is 22.4. The van der Waals surface area contributed by atoms with E-state index in [1.807, 2.05) is 12.1 Å². The van der Waals surface area contributed by atoms with E-state index in [4.69, 9.17) is 21.3 Å². The van der Waals surface area contributed by atoms with Crippen LogP contribution in [0.3, 0.4) is 0 Å². The van der Waals surface area contributed by atoms with E-state index >= 15 is 0 Å². The fraction of sp³-hybridized carbons (Fsp3) is 0.333. The Morgan fingerprint density at radius 3 is 2.77 bits per heavy atom. The van der Waals surface area contributed by atoms with Crippen LogP contribution in [-0.2, 0) is 11.3 Å². The van der Waals surface area contributed by atoms with Gasteiger partial charge in [-0.05, 0) is 49.6 Å². The Kier molecular flexibility index (Phi) is 6.72. The summed E-state index contributed by atoms with van der Waals surface area (Å²) in [6, 6.07) is 10.7. The summed E-state index contributed by atoms with van der Waals surface area (Å²) in [6.45, 7) is 2.98. The molecule has 39 heavy (non-hydrogen) atoms. The quantitative estimate of drug-likeness (QED) is 0.312. The SMILES string of the molecule is Cc1nc2cc(-c3ncc(C(F)F)s3)c(N[C@H]3CCN4C(=O)OC[C@@H]4C3)cc2c(=O)n1Cc1ccc(Cl)cc1. The first-order valence-electron chi connectivity index (χ1n) is 12.5. The molecule has 2 aliphatic rings. The number of hydrogen-bond donors (Lipinski definition) is 1. The zero-order valence-electron chi connectivity index (χ0n) is 20.9. The fourth-order valence-electron chi connectivity index (χ4n) is 5.20. The Morgan fingerprint density at radius 1 is 1.23 bits per heavy atom. The Balaban J connectivity index is 1.41. The summed E-state index contributed by atoms with van der Waals surface area (Å²) < 4.78 is 33.5. The molecular formula is C27H24ClF2N5O3S. The summed E-state index contributed by atoms with van der Waals surface area (Å²) in [4.78, 5) is 36.2. The summed E-state index contributed by atoms with van der Waals surface area (Å²) in [6.07, 6.45) is -0.402. The third-order valence-electron chi connectivity index (χ3n) is 7.22. The van der Waals surface area contributed by atoms with Crippen LogP contribution in [0.5, 0.6) is 0 Å². The highest BCUT2D eigenvalue weighted by Crippen LogP contribution is 2.38. The second-order valence-corrected chi connectivity index (χ2v) is 11.2. The zero-order chi connectivity index (χ0) is 27.3. The van der Waals surface area contributed by atoms with Gasteiger partial charge in [0, 0.05) is 35.1 Å². The number of aryl methyl sites for hydroxylation is 1. The first-order chi connectivity index (χ1) is 18.8. The number of nitrogens with zero attached hydrogens (tertiary/aromatic N) is 4. The van der Waals surface area contributed by atoms with E-state index in [1.54, 1.807) is 40.7 Å². The van der Waals surface area contributed by atoms with E-state index in [1.165, 1.54) is 6.20 Å². The summed E-state index contributed by atoms with van der Waals surface area (Å²) in [5.74, 6) is 0.528. The standard InChI is InChI=1S/C27H24ClF2N5O3S/c1-14-32-22-9-19(25-31-11-23(39-25)24(29)30)21(33-17-6-7-34-18(8-17)13-38-27(34)37)10-20(22)26(36)35(14)12-15-2-4-16(28)5-3-15/h2-5,9-11,17-18,24,33H,6-8,12-13H2,1H3/t17-,18-/m0/s1. The maximum Gasteiger partial charge on any atom is 0.410 e. The van der Waals surface area contributed by atoms with Crippen LogP contribution in [0.1, 0.15) is 35.5 Å². The number of amides is 1. The van der Waals surface area contributed by atoms with Crippen LogP contribution in [0.15, 0.2) is 47.4 Å². The number of rotatable bonds is 6.